The first-order valence-corrected chi connectivity index (χ1v) is 9.42. The summed E-state index contributed by atoms with van der Waals surface area (Å²) in [7, 11) is 0. The monoisotopic (exact) mass is 353 g/mol. The van der Waals surface area contributed by atoms with E-state index < -0.39 is 11.9 Å². The fourth-order valence-electron chi connectivity index (χ4n) is 3.86. The lowest BCUT2D eigenvalue weighted by atomic mass is 9.89. The van der Waals surface area contributed by atoms with Gasteiger partial charge < -0.3 is 10.0 Å². The van der Waals surface area contributed by atoms with E-state index in [-0.39, 0.29) is 24.3 Å². The molecule has 128 valence electrons. The van der Waals surface area contributed by atoms with Gasteiger partial charge in [-0.3, -0.25) is 9.59 Å². The highest BCUT2D eigenvalue weighted by molar-refractivity contribution is 7.99. The fraction of sp³-hybridized carbons (Fsp3) is 0.300. The summed E-state index contributed by atoms with van der Waals surface area (Å²) in [5.74, 6) is -0.886. The highest BCUT2D eigenvalue weighted by Crippen LogP contribution is 2.42. The van der Waals surface area contributed by atoms with Gasteiger partial charge in [0.2, 0.25) is 5.91 Å². The van der Waals surface area contributed by atoms with E-state index in [4.69, 9.17) is 0 Å². The van der Waals surface area contributed by atoms with Gasteiger partial charge in [-0.05, 0) is 17.2 Å². The molecule has 1 fully saturated rings. The van der Waals surface area contributed by atoms with Crippen LogP contribution in [0.5, 0.6) is 0 Å². The number of hydrogen-bond acceptors (Lipinski definition) is 3. The van der Waals surface area contributed by atoms with E-state index in [0.717, 1.165) is 21.8 Å². The zero-order valence-corrected chi connectivity index (χ0v) is 14.5. The van der Waals surface area contributed by atoms with Gasteiger partial charge in [0, 0.05) is 29.7 Å². The Labute approximate surface area is 150 Å². The maximum absolute atomic E-state index is 13.1. The van der Waals surface area contributed by atoms with Crippen molar-refractivity contribution in [2.45, 2.75) is 16.7 Å². The standard InChI is InChI=1S/C20H19NO3S/c22-19(17-12-25-18-9-5-4-8-14(17)18)21-10-15(16(11-21)20(23)24)13-6-2-1-3-7-13/h1-9,15-17H,10-12H2,(H,23,24). The number of hydrogen-bond donors (Lipinski definition) is 1. The first-order valence-electron chi connectivity index (χ1n) is 8.43. The minimum atomic E-state index is -0.828. The van der Waals surface area contributed by atoms with Crippen LogP contribution in [-0.2, 0) is 9.59 Å². The summed E-state index contributed by atoms with van der Waals surface area (Å²) in [6, 6.07) is 17.7. The second-order valence-corrected chi connectivity index (χ2v) is 7.67. The summed E-state index contributed by atoms with van der Waals surface area (Å²) < 4.78 is 0. The Morgan fingerprint density at radius 2 is 1.72 bits per heavy atom. The van der Waals surface area contributed by atoms with Crippen molar-refractivity contribution in [3.8, 4) is 0 Å². The Morgan fingerprint density at radius 1 is 1.00 bits per heavy atom. The number of carbonyl (C=O) groups is 2. The molecular weight excluding hydrogens is 334 g/mol. The van der Waals surface area contributed by atoms with Crippen LogP contribution in [-0.4, -0.2) is 40.7 Å². The number of carboxylic acid groups (broad SMARTS) is 1. The van der Waals surface area contributed by atoms with Gasteiger partial charge in [0.25, 0.3) is 0 Å². The van der Waals surface area contributed by atoms with Crippen molar-refractivity contribution in [1.82, 2.24) is 4.90 Å². The number of fused-ring (bicyclic) bond motifs is 1. The molecule has 3 unspecified atom stereocenters. The van der Waals surface area contributed by atoms with Crippen LogP contribution in [0.2, 0.25) is 0 Å². The van der Waals surface area contributed by atoms with E-state index in [0.29, 0.717) is 6.54 Å². The first kappa shape index (κ1) is 16.2. The van der Waals surface area contributed by atoms with Crippen molar-refractivity contribution in [2.75, 3.05) is 18.8 Å². The molecule has 1 saturated heterocycles. The Hall–Kier alpha value is -2.27. The Balaban J connectivity index is 1.58. The molecule has 2 aliphatic rings. The minimum absolute atomic E-state index is 0.0575. The van der Waals surface area contributed by atoms with Crippen molar-refractivity contribution >= 4 is 23.6 Å². The largest absolute Gasteiger partial charge is 0.481 e. The third kappa shape index (κ3) is 2.93. The van der Waals surface area contributed by atoms with E-state index in [2.05, 4.69) is 0 Å². The van der Waals surface area contributed by atoms with Crippen molar-refractivity contribution < 1.29 is 14.7 Å². The van der Waals surface area contributed by atoms with Crippen LogP contribution >= 0.6 is 11.8 Å². The lowest BCUT2D eigenvalue weighted by Gasteiger charge is -2.21. The van der Waals surface area contributed by atoms with Crippen molar-refractivity contribution in [2.24, 2.45) is 5.92 Å². The van der Waals surface area contributed by atoms with Crippen molar-refractivity contribution in [1.29, 1.82) is 0 Å². The molecule has 0 saturated carbocycles. The number of carbonyl (C=O) groups excluding carboxylic acids is 1. The molecule has 25 heavy (non-hydrogen) atoms. The van der Waals surface area contributed by atoms with Crippen LogP contribution < -0.4 is 0 Å². The zero-order valence-electron chi connectivity index (χ0n) is 13.7. The third-order valence-corrected chi connectivity index (χ3v) is 6.36. The molecule has 5 heteroatoms. The first-order chi connectivity index (χ1) is 12.1. The molecule has 0 aliphatic carbocycles. The second-order valence-electron chi connectivity index (χ2n) is 6.61. The van der Waals surface area contributed by atoms with Crippen LogP contribution in [0.15, 0.2) is 59.5 Å². The van der Waals surface area contributed by atoms with Crippen LogP contribution in [0.25, 0.3) is 0 Å². The van der Waals surface area contributed by atoms with E-state index >= 15 is 0 Å². The molecule has 2 heterocycles. The summed E-state index contributed by atoms with van der Waals surface area (Å²) in [5.41, 5.74) is 2.07. The van der Waals surface area contributed by atoms with E-state index in [1.54, 1.807) is 16.7 Å². The predicted octanol–water partition coefficient (Wildman–Crippen LogP) is 3.20. The average Bonchev–Trinajstić information content (AvgIpc) is 3.27. The van der Waals surface area contributed by atoms with Gasteiger partial charge in [-0.15, -0.1) is 11.8 Å². The Kier molecular flexibility index (Phi) is 4.25. The Bertz CT molecular complexity index is 808. The molecule has 4 nitrogen and oxygen atoms in total. The highest BCUT2D eigenvalue weighted by Gasteiger charge is 2.43. The van der Waals surface area contributed by atoms with Crippen LogP contribution in [0.4, 0.5) is 0 Å². The van der Waals surface area contributed by atoms with Gasteiger partial charge in [0.15, 0.2) is 0 Å². The topological polar surface area (TPSA) is 57.6 Å². The van der Waals surface area contributed by atoms with Crippen molar-refractivity contribution in [3.63, 3.8) is 0 Å². The quantitative estimate of drug-likeness (QED) is 0.921. The predicted molar refractivity (Wildman–Crippen MR) is 96.8 cm³/mol. The molecule has 1 amide bonds. The molecule has 2 aliphatic heterocycles. The molecule has 0 radical (unpaired) electrons. The molecule has 1 N–H and O–H groups in total. The third-order valence-electron chi connectivity index (χ3n) is 5.17. The van der Waals surface area contributed by atoms with Crippen LogP contribution in [0.1, 0.15) is 23.0 Å². The number of likely N-dealkylation sites (tertiary alicyclic amines) is 1. The van der Waals surface area contributed by atoms with Gasteiger partial charge in [-0.2, -0.15) is 0 Å². The summed E-state index contributed by atoms with van der Waals surface area (Å²) in [4.78, 5) is 27.7. The van der Waals surface area contributed by atoms with E-state index in [1.165, 1.54) is 0 Å². The summed E-state index contributed by atoms with van der Waals surface area (Å²) >= 11 is 1.70. The SMILES string of the molecule is O=C(O)C1CN(C(=O)C2CSc3ccccc32)CC1c1ccccc1. The number of benzene rings is 2. The molecule has 0 spiro atoms. The van der Waals surface area contributed by atoms with Crippen LogP contribution in [0.3, 0.4) is 0 Å². The smallest absolute Gasteiger partial charge is 0.308 e. The number of rotatable bonds is 3. The molecule has 3 atom stereocenters. The molecule has 0 aromatic heterocycles. The molecule has 0 bridgehead atoms. The fourth-order valence-corrected chi connectivity index (χ4v) is 5.08. The number of nitrogens with zero attached hydrogens (tertiary/aromatic N) is 1. The summed E-state index contributed by atoms with van der Waals surface area (Å²) in [5, 5.41) is 9.63. The number of aliphatic carboxylic acids is 1. The van der Waals surface area contributed by atoms with E-state index in [9.17, 15) is 14.7 Å². The maximum atomic E-state index is 13.1. The normalized spacial score (nSPS) is 25.0. The molecule has 4 rings (SSSR count). The zero-order chi connectivity index (χ0) is 17.4. The number of thioether (sulfide) groups is 1. The maximum Gasteiger partial charge on any atom is 0.308 e. The average molecular weight is 353 g/mol. The lowest BCUT2D eigenvalue weighted by Crippen LogP contribution is -2.34. The summed E-state index contributed by atoms with van der Waals surface area (Å²) in [6.07, 6.45) is 0. The Morgan fingerprint density at radius 3 is 2.48 bits per heavy atom. The second kappa shape index (κ2) is 6.56. The van der Waals surface area contributed by atoms with Gasteiger partial charge in [-0.25, -0.2) is 0 Å². The van der Waals surface area contributed by atoms with Gasteiger partial charge in [0.1, 0.15) is 0 Å². The number of amides is 1. The highest BCUT2D eigenvalue weighted by atomic mass is 32.2. The van der Waals surface area contributed by atoms with Crippen molar-refractivity contribution in [3.05, 3.63) is 65.7 Å². The van der Waals surface area contributed by atoms with Gasteiger partial charge >= 0.3 is 5.97 Å². The summed E-state index contributed by atoms with van der Waals surface area (Å²) in [6.45, 7) is 0.764. The van der Waals surface area contributed by atoms with Gasteiger partial charge in [-0.1, -0.05) is 48.5 Å². The van der Waals surface area contributed by atoms with Gasteiger partial charge in [0.05, 0.1) is 11.8 Å². The number of carboxylic acids is 1. The van der Waals surface area contributed by atoms with E-state index in [1.807, 2.05) is 54.6 Å². The molecule has 2 aromatic carbocycles. The minimum Gasteiger partial charge on any atom is -0.481 e. The molecule has 2 aromatic rings. The molecular formula is C20H19NO3S. The lowest BCUT2D eigenvalue weighted by molar-refractivity contribution is -0.141. The van der Waals surface area contributed by atoms with Crippen LogP contribution in [0, 0.1) is 5.92 Å².